The Morgan fingerprint density at radius 1 is 1.19 bits per heavy atom. The first-order chi connectivity index (χ1) is 9.83. The van der Waals surface area contributed by atoms with Crippen molar-refractivity contribution in [2.24, 2.45) is 11.8 Å². The topological polar surface area (TPSA) is 41.6 Å². The molecule has 0 aromatic heterocycles. The molecule has 2 unspecified atom stereocenters. The molecule has 4 heteroatoms. The van der Waals surface area contributed by atoms with Crippen LogP contribution in [-0.4, -0.2) is 42.3 Å². The van der Waals surface area contributed by atoms with Gasteiger partial charge in [-0.2, -0.15) is 0 Å². The number of amides is 1. The van der Waals surface area contributed by atoms with Crippen LogP contribution in [0.25, 0.3) is 0 Å². The second-order valence-electron chi connectivity index (χ2n) is 7.93. The zero-order valence-corrected chi connectivity index (χ0v) is 14.2. The molecule has 0 bridgehead atoms. The molecule has 1 amide bonds. The number of rotatable bonds is 3. The van der Waals surface area contributed by atoms with Crippen molar-refractivity contribution in [3.05, 3.63) is 0 Å². The van der Waals surface area contributed by atoms with E-state index >= 15 is 0 Å². The van der Waals surface area contributed by atoms with Crippen molar-refractivity contribution in [2.75, 3.05) is 19.6 Å². The molecule has 1 aliphatic heterocycles. The van der Waals surface area contributed by atoms with Crippen molar-refractivity contribution in [3.8, 4) is 0 Å². The van der Waals surface area contributed by atoms with E-state index < -0.39 is 5.60 Å². The smallest absolute Gasteiger partial charge is 0.410 e. The van der Waals surface area contributed by atoms with Crippen molar-refractivity contribution < 1.29 is 9.53 Å². The van der Waals surface area contributed by atoms with Crippen molar-refractivity contribution in [2.45, 2.75) is 71.4 Å². The maximum atomic E-state index is 12.0. The molecule has 2 aliphatic rings. The van der Waals surface area contributed by atoms with Gasteiger partial charge >= 0.3 is 6.09 Å². The first-order valence-electron chi connectivity index (χ1n) is 8.55. The van der Waals surface area contributed by atoms with Crippen LogP contribution in [0.4, 0.5) is 4.79 Å². The quantitative estimate of drug-likeness (QED) is 0.867. The summed E-state index contributed by atoms with van der Waals surface area (Å²) in [5.41, 5.74) is -0.394. The summed E-state index contributed by atoms with van der Waals surface area (Å²) in [5, 5.41) is 3.73. The van der Waals surface area contributed by atoms with Gasteiger partial charge in [0.15, 0.2) is 0 Å². The molecular weight excluding hydrogens is 264 g/mol. The van der Waals surface area contributed by atoms with Gasteiger partial charge in [-0.3, -0.25) is 0 Å². The van der Waals surface area contributed by atoms with Gasteiger partial charge in [-0.15, -0.1) is 0 Å². The molecule has 122 valence electrons. The predicted octanol–water partition coefficient (Wildman–Crippen LogP) is 3.41. The molecule has 2 rings (SSSR count). The lowest BCUT2D eigenvalue weighted by Crippen LogP contribution is -2.44. The second kappa shape index (κ2) is 6.99. The van der Waals surface area contributed by atoms with Crippen LogP contribution < -0.4 is 5.32 Å². The van der Waals surface area contributed by atoms with Crippen LogP contribution in [0.15, 0.2) is 0 Å². The van der Waals surface area contributed by atoms with Crippen molar-refractivity contribution in [1.82, 2.24) is 10.2 Å². The number of piperidine rings is 1. The van der Waals surface area contributed by atoms with Crippen LogP contribution in [0.5, 0.6) is 0 Å². The van der Waals surface area contributed by atoms with E-state index in [9.17, 15) is 4.79 Å². The van der Waals surface area contributed by atoms with Gasteiger partial charge in [0, 0.05) is 19.1 Å². The van der Waals surface area contributed by atoms with Gasteiger partial charge in [-0.1, -0.05) is 6.92 Å². The molecule has 1 aliphatic carbocycles. The average molecular weight is 296 g/mol. The van der Waals surface area contributed by atoms with E-state index in [-0.39, 0.29) is 6.09 Å². The summed E-state index contributed by atoms with van der Waals surface area (Å²) in [6.45, 7) is 10.9. The van der Waals surface area contributed by atoms with Crippen LogP contribution in [-0.2, 0) is 4.74 Å². The third-order valence-electron chi connectivity index (χ3n) is 4.66. The Morgan fingerprint density at radius 2 is 1.86 bits per heavy atom. The number of nitrogens with one attached hydrogen (secondary N) is 1. The zero-order valence-electron chi connectivity index (χ0n) is 14.2. The standard InChI is InChI=1S/C17H32N2O2/c1-13-5-6-15(11-13)18-12-14-7-9-19(10-8-14)16(20)21-17(2,3)4/h13-15,18H,5-12H2,1-4H3. The predicted molar refractivity (Wildman–Crippen MR) is 85.3 cm³/mol. The fraction of sp³-hybridized carbons (Fsp3) is 0.941. The number of likely N-dealkylation sites (tertiary alicyclic amines) is 1. The maximum absolute atomic E-state index is 12.0. The molecule has 4 nitrogen and oxygen atoms in total. The molecule has 0 aromatic rings. The summed E-state index contributed by atoms with van der Waals surface area (Å²) >= 11 is 0. The van der Waals surface area contributed by atoms with E-state index in [4.69, 9.17) is 4.74 Å². The van der Waals surface area contributed by atoms with E-state index in [1.165, 1.54) is 19.3 Å². The number of hydrogen-bond donors (Lipinski definition) is 1. The highest BCUT2D eigenvalue weighted by Gasteiger charge is 2.27. The van der Waals surface area contributed by atoms with Gasteiger partial charge < -0.3 is 15.0 Å². The van der Waals surface area contributed by atoms with Crippen LogP contribution in [0, 0.1) is 11.8 Å². The number of ether oxygens (including phenoxy) is 1. The number of carbonyl (C=O) groups excluding carboxylic acids is 1. The van der Waals surface area contributed by atoms with E-state index in [0.29, 0.717) is 5.92 Å². The van der Waals surface area contributed by atoms with E-state index in [2.05, 4.69) is 12.2 Å². The van der Waals surface area contributed by atoms with Gasteiger partial charge in [-0.05, 0) is 71.3 Å². The molecule has 21 heavy (non-hydrogen) atoms. The first kappa shape index (κ1) is 16.6. The third kappa shape index (κ3) is 5.50. The molecular formula is C17H32N2O2. The Bertz CT molecular complexity index is 343. The minimum atomic E-state index is -0.394. The Morgan fingerprint density at radius 3 is 2.38 bits per heavy atom. The molecule has 2 atom stereocenters. The van der Waals surface area contributed by atoms with Crippen molar-refractivity contribution in [1.29, 1.82) is 0 Å². The zero-order chi connectivity index (χ0) is 15.5. The largest absolute Gasteiger partial charge is 0.444 e. The van der Waals surface area contributed by atoms with E-state index in [1.54, 1.807) is 0 Å². The number of nitrogens with zero attached hydrogens (tertiary/aromatic N) is 1. The summed E-state index contributed by atoms with van der Waals surface area (Å²) in [4.78, 5) is 13.9. The van der Waals surface area contributed by atoms with Gasteiger partial charge in [0.05, 0.1) is 0 Å². The fourth-order valence-corrected chi connectivity index (χ4v) is 3.37. The van der Waals surface area contributed by atoms with Gasteiger partial charge in [0.2, 0.25) is 0 Å². The van der Waals surface area contributed by atoms with E-state index in [1.807, 2.05) is 25.7 Å². The van der Waals surface area contributed by atoms with Gasteiger partial charge in [0.1, 0.15) is 5.60 Å². The molecule has 2 fully saturated rings. The van der Waals surface area contributed by atoms with E-state index in [0.717, 1.165) is 44.4 Å². The van der Waals surface area contributed by atoms with Crippen LogP contribution >= 0.6 is 0 Å². The van der Waals surface area contributed by atoms with Gasteiger partial charge in [-0.25, -0.2) is 4.79 Å². The monoisotopic (exact) mass is 296 g/mol. The molecule has 1 saturated heterocycles. The lowest BCUT2D eigenvalue weighted by molar-refractivity contribution is 0.0183. The number of carbonyl (C=O) groups is 1. The average Bonchev–Trinajstić information content (AvgIpc) is 2.81. The lowest BCUT2D eigenvalue weighted by atomic mass is 9.96. The maximum Gasteiger partial charge on any atom is 0.410 e. The summed E-state index contributed by atoms with van der Waals surface area (Å²) in [6.07, 6.45) is 6.06. The minimum Gasteiger partial charge on any atom is -0.444 e. The third-order valence-corrected chi connectivity index (χ3v) is 4.66. The highest BCUT2D eigenvalue weighted by Crippen LogP contribution is 2.25. The summed E-state index contributed by atoms with van der Waals surface area (Å²) in [7, 11) is 0. The van der Waals surface area contributed by atoms with Crippen LogP contribution in [0.2, 0.25) is 0 Å². The molecule has 0 aromatic carbocycles. The SMILES string of the molecule is CC1CCC(NCC2CCN(C(=O)OC(C)(C)C)CC2)C1. The Balaban J connectivity index is 1.65. The molecule has 1 heterocycles. The van der Waals surface area contributed by atoms with Crippen molar-refractivity contribution >= 4 is 6.09 Å². The summed E-state index contributed by atoms with van der Waals surface area (Å²) < 4.78 is 5.44. The van der Waals surface area contributed by atoms with Crippen LogP contribution in [0.1, 0.15) is 59.8 Å². The highest BCUT2D eigenvalue weighted by molar-refractivity contribution is 5.68. The molecule has 1 saturated carbocycles. The highest BCUT2D eigenvalue weighted by atomic mass is 16.6. The second-order valence-corrected chi connectivity index (χ2v) is 7.93. The Labute approximate surface area is 129 Å². The normalized spacial score (nSPS) is 27.9. The number of hydrogen-bond acceptors (Lipinski definition) is 3. The molecule has 1 N–H and O–H groups in total. The fourth-order valence-electron chi connectivity index (χ4n) is 3.37. The Hall–Kier alpha value is -0.770. The Kier molecular flexibility index (Phi) is 5.53. The first-order valence-corrected chi connectivity index (χ1v) is 8.55. The summed E-state index contributed by atoms with van der Waals surface area (Å²) in [6, 6.07) is 0.726. The minimum absolute atomic E-state index is 0.154. The summed E-state index contributed by atoms with van der Waals surface area (Å²) in [5.74, 6) is 1.59. The van der Waals surface area contributed by atoms with Crippen molar-refractivity contribution in [3.63, 3.8) is 0 Å². The molecule has 0 spiro atoms. The van der Waals surface area contributed by atoms with Gasteiger partial charge in [0.25, 0.3) is 0 Å². The van der Waals surface area contributed by atoms with Crippen LogP contribution in [0.3, 0.4) is 0 Å². The molecule has 0 radical (unpaired) electrons. The lowest BCUT2D eigenvalue weighted by Gasteiger charge is -2.34.